The maximum Gasteiger partial charge on any atom is 0.176 e. The van der Waals surface area contributed by atoms with Gasteiger partial charge in [-0.2, -0.15) is 5.10 Å². The summed E-state index contributed by atoms with van der Waals surface area (Å²) in [7, 11) is 1.66. The molecule has 0 spiro atoms. The summed E-state index contributed by atoms with van der Waals surface area (Å²) in [6.45, 7) is 1.41. The number of ether oxygens (including phenoxy) is 1. The van der Waals surface area contributed by atoms with Crippen molar-refractivity contribution in [1.29, 1.82) is 0 Å². The molecule has 5 nitrogen and oxygen atoms in total. The van der Waals surface area contributed by atoms with E-state index >= 15 is 0 Å². The van der Waals surface area contributed by atoms with E-state index in [4.69, 9.17) is 9.84 Å². The zero-order valence-corrected chi connectivity index (χ0v) is 10.4. The van der Waals surface area contributed by atoms with E-state index in [1.54, 1.807) is 7.11 Å². The number of hydrogen-bond acceptors (Lipinski definition) is 4. The van der Waals surface area contributed by atoms with E-state index in [0.29, 0.717) is 12.5 Å². The van der Waals surface area contributed by atoms with Gasteiger partial charge in [-0.15, -0.1) is 0 Å². The minimum absolute atomic E-state index is 0.198. The van der Waals surface area contributed by atoms with E-state index in [0.717, 1.165) is 24.6 Å². The molecule has 2 rings (SSSR count). The van der Waals surface area contributed by atoms with Crippen LogP contribution in [0.1, 0.15) is 49.7 Å². The van der Waals surface area contributed by atoms with Gasteiger partial charge in [-0.25, -0.2) is 9.67 Å². The third kappa shape index (κ3) is 3.04. The number of hydrogen-bond donors (Lipinski definition) is 1. The van der Waals surface area contributed by atoms with Crippen molar-refractivity contribution in [2.75, 3.05) is 13.7 Å². The van der Waals surface area contributed by atoms with Crippen LogP contribution in [0.4, 0.5) is 0 Å². The second-order valence-corrected chi connectivity index (χ2v) is 4.60. The summed E-state index contributed by atoms with van der Waals surface area (Å²) in [4.78, 5) is 4.58. The fourth-order valence-corrected chi connectivity index (χ4v) is 2.46. The Morgan fingerprint density at radius 2 is 2.18 bits per heavy atom. The second-order valence-electron chi connectivity index (χ2n) is 4.60. The molecule has 0 aromatic carbocycles. The van der Waals surface area contributed by atoms with Gasteiger partial charge in [-0.1, -0.05) is 12.8 Å². The normalized spacial score (nSPS) is 16.8. The van der Waals surface area contributed by atoms with Crippen molar-refractivity contribution in [2.45, 2.75) is 51.2 Å². The summed E-state index contributed by atoms with van der Waals surface area (Å²) < 4.78 is 7.03. The number of aryl methyl sites for hydroxylation is 1. The molecule has 1 aliphatic rings. The summed E-state index contributed by atoms with van der Waals surface area (Å²) in [5, 5.41) is 13.4. The smallest absolute Gasteiger partial charge is 0.176 e. The van der Waals surface area contributed by atoms with Crippen LogP contribution in [-0.2, 0) is 17.9 Å². The van der Waals surface area contributed by atoms with Crippen molar-refractivity contribution in [3.05, 3.63) is 11.6 Å². The van der Waals surface area contributed by atoms with Crippen LogP contribution in [0, 0.1) is 0 Å². The van der Waals surface area contributed by atoms with E-state index in [1.165, 1.54) is 25.7 Å². The fraction of sp³-hybridized carbons (Fsp3) is 0.833. The highest BCUT2D eigenvalue weighted by molar-refractivity contribution is 5.02. The van der Waals surface area contributed by atoms with Crippen LogP contribution in [0.25, 0.3) is 0 Å². The highest BCUT2D eigenvalue weighted by atomic mass is 16.5. The Bertz CT molecular complexity index is 346. The Morgan fingerprint density at radius 3 is 2.82 bits per heavy atom. The monoisotopic (exact) mass is 239 g/mol. The Morgan fingerprint density at radius 1 is 1.41 bits per heavy atom. The first-order chi connectivity index (χ1) is 8.35. The molecular formula is C12H21N3O2. The van der Waals surface area contributed by atoms with Gasteiger partial charge in [-0.05, 0) is 19.3 Å². The Hall–Kier alpha value is -0.940. The van der Waals surface area contributed by atoms with Gasteiger partial charge >= 0.3 is 0 Å². The van der Waals surface area contributed by atoms with Crippen LogP contribution in [0.15, 0.2) is 0 Å². The summed E-state index contributed by atoms with van der Waals surface area (Å²) in [6, 6.07) is 0. The molecular weight excluding hydrogens is 218 g/mol. The minimum Gasteiger partial charge on any atom is -0.396 e. The first kappa shape index (κ1) is 12.5. The zero-order valence-electron chi connectivity index (χ0n) is 10.4. The summed E-state index contributed by atoms with van der Waals surface area (Å²) in [5.41, 5.74) is 0. The molecule has 1 heterocycles. The first-order valence-electron chi connectivity index (χ1n) is 6.38. The van der Waals surface area contributed by atoms with Crippen molar-refractivity contribution in [1.82, 2.24) is 14.8 Å². The molecule has 1 aliphatic carbocycles. The van der Waals surface area contributed by atoms with E-state index in [2.05, 4.69) is 10.1 Å². The molecule has 0 amide bonds. The van der Waals surface area contributed by atoms with Crippen LogP contribution in [0.5, 0.6) is 0 Å². The lowest BCUT2D eigenvalue weighted by Gasteiger charge is -2.09. The Labute approximate surface area is 102 Å². The lowest BCUT2D eigenvalue weighted by atomic mass is 10.1. The van der Waals surface area contributed by atoms with E-state index in [9.17, 15) is 0 Å². The van der Waals surface area contributed by atoms with Crippen molar-refractivity contribution in [2.24, 2.45) is 0 Å². The third-order valence-electron chi connectivity index (χ3n) is 3.27. The standard InChI is InChI=1S/C12H21N3O2/c1-17-9-11-13-12(10-5-2-3-6-10)15(14-11)7-4-8-16/h10,16H,2-9H2,1H3. The number of aliphatic hydroxyl groups is 1. The lowest BCUT2D eigenvalue weighted by Crippen LogP contribution is -2.10. The number of methoxy groups -OCH3 is 1. The molecule has 0 radical (unpaired) electrons. The molecule has 0 saturated heterocycles. The molecule has 17 heavy (non-hydrogen) atoms. The van der Waals surface area contributed by atoms with Crippen LogP contribution < -0.4 is 0 Å². The number of nitrogens with zero attached hydrogens (tertiary/aromatic N) is 3. The maximum absolute atomic E-state index is 8.91. The zero-order chi connectivity index (χ0) is 12.1. The average Bonchev–Trinajstić information content (AvgIpc) is 2.95. The van der Waals surface area contributed by atoms with Gasteiger partial charge in [-0.3, -0.25) is 0 Å². The van der Waals surface area contributed by atoms with E-state index in [1.807, 2.05) is 4.68 Å². The van der Waals surface area contributed by atoms with Crippen molar-refractivity contribution < 1.29 is 9.84 Å². The molecule has 1 saturated carbocycles. The van der Waals surface area contributed by atoms with Crippen molar-refractivity contribution in [3.8, 4) is 0 Å². The average molecular weight is 239 g/mol. The highest BCUT2D eigenvalue weighted by Gasteiger charge is 2.23. The maximum atomic E-state index is 8.91. The molecule has 0 aliphatic heterocycles. The predicted molar refractivity (Wildman–Crippen MR) is 63.6 cm³/mol. The summed E-state index contributed by atoms with van der Waals surface area (Å²) in [5.74, 6) is 2.39. The molecule has 1 N–H and O–H groups in total. The summed E-state index contributed by atoms with van der Waals surface area (Å²) >= 11 is 0. The molecule has 1 fully saturated rings. The quantitative estimate of drug-likeness (QED) is 0.816. The topological polar surface area (TPSA) is 60.2 Å². The predicted octanol–water partition coefficient (Wildman–Crippen LogP) is 1.46. The van der Waals surface area contributed by atoms with Crippen molar-refractivity contribution >= 4 is 0 Å². The highest BCUT2D eigenvalue weighted by Crippen LogP contribution is 2.33. The second kappa shape index (κ2) is 6.12. The molecule has 0 unspecified atom stereocenters. The van der Waals surface area contributed by atoms with E-state index in [-0.39, 0.29) is 6.61 Å². The van der Waals surface area contributed by atoms with Gasteiger partial charge in [0.15, 0.2) is 5.82 Å². The molecule has 0 atom stereocenters. The van der Waals surface area contributed by atoms with Crippen LogP contribution in [-0.4, -0.2) is 33.6 Å². The molecule has 0 bridgehead atoms. The SMILES string of the molecule is COCc1nc(C2CCCC2)n(CCCO)n1. The van der Waals surface area contributed by atoms with Gasteiger partial charge < -0.3 is 9.84 Å². The summed E-state index contributed by atoms with van der Waals surface area (Å²) in [6.07, 6.45) is 5.73. The number of aliphatic hydroxyl groups excluding tert-OH is 1. The number of aromatic nitrogens is 3. The fourth-order valence-electron chi connectivity index (χ4n) is 2.46. The molecule has 1 aromatic rings. The number of rotatable bonds is 6. The Balaban J connectivity index is 2.13. The van der Waals surface area contributed by atoms with Crippen LogP contribution in [0.2, 0.25) is 0 Å². The van der Waals surface area contributed by atoms with Crippen molar-refractivity contribution in [3.63, 3.8) is 0 Å². The van der Waals surface area contributed by atoms with Gasteiger partial charge in [0.1, 0.15) is 12.4 Å². The van der Waals surface area contributed by atoms with Crippen LogP contribution in [0.3, 0.4) is 0 Å². The van der Waals surface area contributed by atoms with E-state index < -0.39 is 0 Å². The first-order valence-corrected chi connectivity index (χ1v) is 6.38. The minimum atomic E-state index is 0.198. The van der Waals surface area contributed by atoms with Gasteiger partial charge in [0.05, 0.1) is 0 Å². The van der Waals surface area contributed by atoms with Gasteiger partial charge in [0, 0.05) is 26.2 Å². The van der Waals surface area contributed by atoms with Gasteiger partial charge in [0.2, 0.25) is 0 Å². The van der Waals surface area contributed by atoms with Gasteiger partial charge in [0.25, 0.3) is 0 Å². The molecule has 96 valence electrons. The molecule has 1 aromatic heterocycles. The Kier molecular flexibility index (Phi) is 4.50. The molecule has 5 heteroatoms. The third-order valence-corrected chi connectivity index (χ3v) is 3.27. The van der Waals surface area contributed by atoms with Crippen LogP contribution >= 0.6 is 0 Å². The lowest BCUT2D eigenvalue weighted by molar-refractivity contribution is 0.177. The largest absolute Gasteiger partial charge is 0.396 e.